The third kappa shape index (κ3) is 2.64. The second-order valence-electron chi connectivity index (χ2n) is 6.93. The first kappa shape index (κ1) is 17.0. The third-order valence-corrected chi connectivity index (χ3v) is 5.68. The summed E-state index contributed by atoms with van der Waals surface area (Å²) >= 11 is 0. The largest absolute Gasteiger partial charge is 0.362 e. The van der Waals surface area contributed by atoms with Crippen LogP contribution in [0.2, 0.25) is 0 Å². The summed E-state index contributed by atoms with van der Waals surface area (Å²) in [5.41, 5.74) is 3.82. The molecule has 0 aromatic heterocycles. The molecule has 0 spiro atoms. The van der Waals surface area contributed by atoms with E-state index in [-0.39, 0.29) is 12.1 Å². The van der Waals surface area contributed by atoms with Crippen molar-refractivity contribution in [2.75, 3.05) is 29.9 Å². The Bertz CT molecular complexity index is 782. The second-order valence-corrected chi connectivity index (χ2v) is 6.93. The lowest BCUT2D eigenvalue weighted by molar-refractivity contribution is 0.443. The molecule has 136 valence electrons. The monoisotopic (exact) mass is 348 g/mol. The van der Waals surface area contributed by atoms with Crippen LogP contribution in [0.3, 0.4) is 0 Å². The first-order valence-electron chi connectivity index (χ1n) is 9.78. The highest BCUT2D eigenvalue weighted by molar-refractivity contribution is 5.94. The van der Waals surface area contributed by atoms with Crippen LogP contribution >= 0.6 is 0 Å². The van der Waals surface area contributed by atoms with Gasteiger partial charge in [0.25, 0.3) is 0 Å². The zero-order valence-electron chi connectivity index (χ0n) is 15.9. The van der Waals surface area contributed by atoms with Crippen molar-refractivity contribution in [3.8, 4) is 0 Å². The van der Waals surface area contributed by atoms with Crippen molar-refractivity contribution in [1.29, 1.82) is 0 Å². The lowest BCUT2D eigenvalue weighted by atomic mass is 9.87. The molecule has 0 radical (unpaired) electrons. The molecule has 4 rings (SSSR count). The van der Waals surface area contributed by atoms with E-state index in [1.807, 2.05) is 0 Å². The van der Waals surface area contributed by atoms with Crippen molar-refractivity contribution >= 4 is 17.2 Å². The molecule has 0 saturated carbocycles. The maximum absolute atomic E-state index is 5.20. The maximum atomic E-state index is 5.20. The number of hydrogen-bond acceptors (Lipinski definition) is 4. The molecule has 2 aromatic rings. The Hall–Kier alpha value is -2.49. The standard InChI is InChI=1S/C22H28N4/c1-4-25(5-2)22-19(16-12-8-7-9-13-16)20-21(24-22)23-17-14-10-11-15-18(17)26(20)6-3/h7-15,19-21,23H,4-6H2,1-3H3. The van der Waals surface area contributed by atoms with Gasteiger partial charge in [0.1, 0.15) is 12.0 Å². The molecule has 0 bridgehead atoms. The summed E-state index contributed by atoms with van der Waals surface area (Å²) in [7, 11) is 0. The average Bonchev–Trinajstić information content (AvgIpc) is 3.06. The zero-order valence-corrected chi connectivity index (χ0v) is 15.9. The molecule has 4 nitrogen and oxygen atoms in total. The van der Waals surface area contributed by atoms with Crippen LogP contribution in [0.25, 0.3) is 0 Å². The first-order chi connectivity index (χ1) is 12.8. The number of likely N-dealkylation sites (N-methyl/N-ethyl adjacent to an activating group) is 2. The van der Waals surface area contributed by atoms with Crippen molar-refractivity contribution < 1.29 is 0 Å². The van der Waals surface area contributed by atoms with E-state index >= 15 is 0 Å². The van der Waals surface area contributed by atoms with Crippen molar-refractivity contribution in [2.24, 2.45) is 4.99 Å². The highest BCUT2D eigenvalue weighted by Gasteiger charge is 2.47. The van der Waals surface area contributed by atoms with E-state index in [9.17, 15) is 0 Å². The van der Waals surface area contributed by atoms with Crippen molar-refractivity contribution in [1.82, 2.24) is 4.90 Å². The van der Waals surface area contributed by atoms with Gasteiger partial charge in [0.2, 0.25) is 0 Å². The van der Waals surface area contributed by atoms with Crippen LogP contribution < -0.4 is 10.2 Å². The summed E-state index contributed by atoms with van der Waals surface area (Å²) in [4.78, 5) is 10.1. The molecule has 2 aliphatic rings. The summed E-state index contributed by atoms with van der Waals surface area (Å²) in [5, 5.41) is 3.70. The molecule has 2 heterocycles. The van der Waals surface area contributed by atoms with Crippen LogP contribution in [0.5, 0.6) is 0 Å². The summed E-state index contributed by atoms with van der Waals surface area (Å²) in [6.45, 7) is 9.63. The van der Waals surface area contributed by atoms with E-state index in [1.165, 1.54) is 22.8 Å². The van der Waals surface area contributed by atoms with E-state index in [1.54, 1.807) is 0 Å². The van der Waals surface area contributed by atoms with Gasteiger partial charge in [-0.3, -0.25) is 0 Å². The molecular weight excluding hydrogens is 320 g/mol. The van der Waals surface area contributed by atoms with Gasteiger partial charge in [-0.2, -0.15) is 0 Å². The number of nitrogens with zero attached hydrogens (tertiary/aromatic N) is 3. The van der Waals surface area contributed by atoms with E-state index < -0.39 is 0 Å². The predicted molar refractivity (Wildman–Crippen MR) is 110 cm³/mol. The second kappa shape index (κ2) is 7.02. The SMILES string of the molecule is CCN(CC)C1=NC2Nc3ccccc3N(CC)C2C1c1ccccc1. The van der Waals surface area contributed by atoms with Crippen molar-refractivity contribution in [3.05, 3.63) is 60.2 Å². The van der Waals surface area contributed by atoms with Gasteiger partial charge >= 0.3 is 0 Å². The molecule has 0 amide bonds. The van der Waals surface area contributed by atoms with E-state index in [4.69, 9.17) is 4.99 Å². The molecule has 26 heavy (non-hydrogen) atoms. The van der Waals surface area contributed by atoms with Gasteiger partial charge in [-0.25, -0.2) is 4.99 Å². The average molecular weight is 348 g/mol. The quantitative estimate of drug-likeness (QED) is 0.900. The predicted octanol–water partition coefficient (Wildman–Crippen LogP) is 4.17. The Kier molecular flexibility index (Phi) is 4.58. The molecule has 1 N–H and O–H groups in total. The molecular formula is C22H28N4. The number of para-hydroxylation sites is 2. The summed E-state index contributed by atoms with van der Waals surface area (Å²) in [5.74, 6) is 1.50. The fourth-order valence-electron chi connectivity index (χ4n) is 4.48. The van der Waals surface area contributed by atoms with Crippen LogP contribution in [0, 0.1) is 0 Å². The van der Waals surface area contributed by atoms with Gasteiger partial charge in [-0.1, -0.05) is 42.5 Å². The zero-order chi connectivity index (χ0) is 18.1. The van der Waals surface area contributed by atoms with Crippen LogP contribution in [-0.2, 0) is 0 Å². The lowest BCUT2D eigenvalue weighted by Gasteiger charge is -2.43. The molecule has 0 aliphatic carbocycles. The fraction of sp³-hybridized carbons (Fsp3) is 0.409. The minimum Gasteiger partial charge on any atom is -0.362 e. The van der Waals surface area contributed by atoms with E-state index in [0.717, 1.165) is 19.6 Å². The topological polar surface area (TPSA) is 30.9 Å². The molecule has 3 unspecified atom stereocenters. The molecule has 2 aromatic carbocycles. The van der Waals surface area contributed by atoms with Crippen molar-refractivity contribution in [3.63, 3.8) is 0 Å². The highest BCUT2D eigenvalue weighted by atomic mass is 15.3. The summed E-state index contributed by atoms with van der Waals surface area (Å²) in [6.07, 6.45) is 0.0886. The van der Waals surface area contributed by atoms with Gasteiger partial charge < -0.3 is 15.1 Å². The minimum absolute atomic E-state index is 0.0886. The van der Waals surface area contributed by atoms with Gasteiger partial charge in [-0.05, 0) is 38.5 Å². The number of benzene rings is 2. The van der Waals surface area contributed by atoms with Crippen LogP contribution in [0.1, 0.15) is 32.3 Å². The molecule has 0 saturated heterocycles. The number of anilines is 2. The van der Waals surface area contributed by atoms with Gasteiger partial charge in [0.05, 0.1) is 23.3 Å². The Morgan fingerprint density at radius 1 is 0.962 bits per heavy atom. The summed E-state index contributed by atoms with van der Waals surface area (Å²) < 4.78 is 0. The maximum Gasteiger partial charge on any atom is 0.142 e. The Labute approximate surface area is 156 Å². The number of fused-ring (bicyclic) bond motifs is 2. The third-order valence-electron chi connectivity index (χ3n) is 5.68. The number of aliphatic imine (C=N–C) groups is 1. The number of amidine groups is 1. The van der Waals surface area contributed by atoms with Gasteiger partial charge in [0.15, 0.2) is 0 Å². The van der Waals surface area contributed by atoms with Crippen LogP contribution in [-0.4, -0.2) is 42.6 Å². The highest BCUT2D eigenvalue weighted by Crippen LogP contribution is 2.43. The molecule has 4 heteroatoms. The van der Waals surface area contributed by atoms with E-state index in [0.29, 0.717) is 6.04 Å². The normalized spacial score (nSPS) is 23.7. The molecule has 2 aliphatic heterocycles. The minimum atomic E-state index is 0.0886. The Balaban J connectivity index is 1.82. The molecule has 3 atom stereocenters. The number of rotatable bonds is 4. The first-order valence-corrected chi connectivity index (χ1v) is 9.78. The summed E-state index contributed by atoms with van der Waals surface area (Å²) in [6, 6.07) is 19.8. The van der Waals surface area contributed by atoms with Gasteiger partial charge in [0, 0.05) is 19.6 Å². The van der Waals surface area contributed by atoms with Crippen LogP contribution in [0.15, 0.2) is 59.6 Å². The Morgan fingerprint density at radius 3 is 2.35 bits per heavy atom. The van der Waals surface area contributed by atoms with Crippen LogP contribution in [0.4, 0.5) is 11.4 Å². The Morgan fingerprint density at radius 2 is 1.65 bits per heavy atom. The number of nitrogens with one attached hydrogen (secondary N) is 1. The number of hydrogen-bond donors (Lipinski definition) is 1. The van der Waals surface area contributed by atoms with E-state index in [2.05, 4.69) is 90.5 Å². The lowest BCUT2D eigenvalue weighted by Crippen LogP contribution is -2.51. The van der Waals surface area contributed by atoms with Crippen molar-refractivity contribution in [2.45, 2.75) is 38.9 Å². The fourth-order valence-corrected chi connectivity index (χ4v) is 4.48. The van der Waals surface area contributed by atoms with Gasteiger partial charge in [-0.15, -0.1) is 0 Å². The molecule has 0 fully saturated rings. The smallest absolute Gasteiger partial charge is 0.142 e.